The van der Waals surface area contributed by atoms with Gasteiger partial charge in [-0.3, -0.25) is 9.69 Å². The molecule has 1 saturated carbocycles. The number of nitrogens with zero attached hydrogens (tertiary/aromatic N) is 2. The second-order valence-corrected chi connectivity index (χ2v) is 7.60. The van der Waals surface area contributed by atoms with Crippen LogP contribution in [0.4, 0.5) is 8.78 Å². The molecule has 0 spiro atoms. The molecule has 1 saturated heterocycles. The van der Waals surface area contributed by atoms with Crippen LogP contribution in [0.2, 0.25) is 0 Å². The predicted molar refractivity (Wildman–Crippen MR) is 94.1 cm³/mol. The molecule has 0 N–H and O–H groups in total. The summed E-state index contributed by atoms with van der Waals surface area (Å²) in [6, 6.07) is 3.51. The number of carbonyl (C=O) groups is 1. The van der Waals surface area contributed by atoms with E-state index in [1.54, 1.807) is 7.05 Å². The van der Waals surface area contributed by atoms with Crippen molar-refractivity contribution in [3.05, 3.63) is 35.4 Å². The van der Waals surface area contributed by atoms with E-state index < -0.39 is 11.6 Å². The molecule has 2 fully saturated rings. The molecule has 1 aliphatic carbocycles. The topological polar surface area (TPSA) is 23.6 Å². The van der Waals surface area contributed by atoms with Crippen LogP contribution in [0.3, 0.4) is 0 Å². The fourth-order valence-corrected chi connectivity index (χ4v) is 4.45. The van der Waals surface area contributed by atoms with E-state index in [2.05, 4.69) is 4.90 Å². The molecule has 1 aromatic rings. The highest BCUT2D eigenvalue weighted by atomic mass is 19.1. The van der Waals surface area contributed by atoms with Crippen molar-refractivity contribution in [1.29, 1.82) is 0 Å². The third kappa shape index (κ3) is 4.02. The second kappa shape index (κ2) is 7.81. The number of piperidine rings is 1. The smallest absolute Gasteiger partial charge is 0.237 e. The Morgan fingerprint density at radius 3 is 2.76 bits per heavy atom. The number of likely N-dealkylation sites (N-methyl/N-ethyl adjacent to an activating group) is 1. The zero-order valence-electron chi connectivity index (χ0n) is 15.2. The Balaban J connectivity index is 1.66. The SMILES string of the molecule is CC(c1cc(F)ccc1F)N(C)CC(=O)N1CCCC2CCCCC21. The van der Waals surface area contributed by atoms with Gasteiger partial charge in [0.2, 0.25) is 5.91 Å². The normalized spacial score (nSPS) is 24.9. The summed E-state index contributed by atoms with van der Waals surface area (Å²) in [4.78, 5) is 16.7. The van der Waals surface area contributed by atoms with Crippen molar-refractivity contribution < 1.29 is 13.6 Å². The first kappa shape index (κ1) is 18.3. The van der Waals surface area contributed by atoms with Crippen LogP contribution in [-0.4, -0.2) is 41.9 Å². The van der Waals surface area contributed by atoms with Crippen LogP contribution in [-0.2, 0) is 4.79 Å². The standard InChI is InChI=1S/C20H28F2N2O/c1-14(17-12-16(21)9-10-18(17)22)23(2)13-20(25)24-11-5-7-15-6-3-4-8-19(15)24/h9-10,12,14-15,19H,3-8,11,13H2,1-2H3. The van der Waals surface area contributed by atoms with Crippen LogP contribution in [0, 0.1) is 17.6 Å². The zero-order valence-corrected chi connectivity index (χ0v) is 15.2. The minimum Gasteiger partial charge on any atom is -0.338 e. The zero-order chi connectivity index (χ0) is 18.0. The van der Waals surface area contributed by atoms with E-state index in [-0.39, 0.29) is 18.5 Å². The van der Waals surface area contributed by atoms with Crippen molar-refractivity contribution in [2.45, 2.75) is 57.5 Å². The van der Waals surface area contributed by atoms with E-state index in [0.717, 1.165) is 31.5 Å². The highest BCUT2D eigenvalue weighted by Gasteiger charge is 2.36. The molecule has 1 aliphatic heterocycles. The summed E-state index contributed by atoms with van der Waals surface area (Å²) in [7, 11) is 1.80. The van der Waals surface area contributed by atoms with Gasteiger partial charge < -0.3 is 4.90 Å². The fourth-order valence-electron chi connectivity index (χ4n) is 4.45. The lowest BCUT2D eigenvalue weighted by Crippen LogP contribution is -2.52. The molecule has 5 heteroatoms. The van der Waals surface area contributed by atoms with Gasteiger partial charge in [0.05, 0.1) is 6.54 Å². The lowest BCUT2D eigenvalue weighted by molar-refractivity contribution is -0.139. The summed E-state index contributed by atoms with van der Waals surface area (Å²) in [5.41, 5.74) is 0.296. The maximum Gasteiger partial charge on any atom is 0.237 e. The highest BCUT2D eigenvalue weighted by molar-refractivity contribution is 5.78. The Morgan fingerprint density at radius 2 is 1.96 bits per heavy atom. The number of rotatable bonds is 4. The first-order valence-corrected chi connectivity index (χ1v) is 9.42. The van der Waals surface area contributed by atoms with Crippen molar-refractivity contribution in [2.75, 3.05) is 20.1 Å². The van der Waals surface area contributed by atoms with Crippen LogP contribution >= 0.6 is 0 Å². The molecule has 138 valence electrons. The molecule has 3 nitrogen and oxygen atoms in total. The van der Waals surface area contributed by atoms with Gasteiger partial charge in [0.1, 0.15) is 11.6 Å². The third-order valence-electron chi connectivity index (χ3n) is 6.02. The van der Waals surface area contributed by atoms with Crippen molar-refractivity contribution in [3.63, 3.8) is 0 Å². The third-order valence-corrected chi connectivity index (χ3v) is 6.02. The van der Waals surface area contributed by atoms with Crippen LogP contribution in [0.15, 0.2) is 18.2 Å². The molecular weight excluding hydrogens is 322 g/mol. The molecule has 3 unspecified atom stereocenters. The summed E-state index contributed by atoms with van der Waals surface area (Å²) >= 11 is 0. The first-order chi connectivity index (χ1) is 12.0. The highest BCUT2D eigenvalue weighted by Crippen LogP contribution is 2.35. The lowest BCUT2D eigenvalue weighted by atomic mass is 9.78. The molecule has 1 amide bonds. The van der Waals surface area contributed by atoms with Gasteiger partial charge in [-0.1, -0.05) is 12.8 Å². The van der Waals surface area contributed by atoms with Crippen molar-refractivity contribution in [2.24, 2.45) is 5.92 Å². The van der Waals surface area contributed by atoms with E-state index in [4.69, 9.17) is 0 Å². The number of amides is 1. The van der Waals surface area contributed by atoms with Gasteiger partial charge in [-0.05, 0) is 63.8 Å². The van der Waals surface area contributed by atoms with Gasteiger partial charge in [-0.2, -0.15) is 0 Å². The van der Waals surface area contributed by atoms with Gasteiger partial charge in [0.25, 0.3) is 0 Å². The monoisotopic (exact) mass is 350 g/mol. The van der Waals surface area contributed by atoms with Gasteiger partial charge in [0.15, 0.2) is 0 Å². The van der Waals surface area contributed by atoms with Crippen LogP contribution < -0.4 is 0 Å². The minimum absolute atomic E-state index is 0.114. The van der Waals surface area contributed by atoms with Gasteiger partial charge in [0, 0.05) is 24.2 Å². The molecule has 0 bridgehead atoms. The lowest BCUT2D eigenvalue weighted by Gasteiger charge is -2.44. The fraction of sp³-hybridized carbons (Fsp3) is 0.650. The molecule has 1 heterocycles. The molecule has 0 aromatic heterocycles. The Hall–Kier alpha value is -1.49. The van der Waals surface area contributed by atoms with Crippen molar-refractivity contribution in [3.8, 4) is 0 Å². The summed E-state index contributed by atoms with van der Waals surface area (Å²) in [5.74, 6) is -0.125. The van der Waals surface area contributed by atoms with Crippen molar-refractivity contribution in [1.82, 2.24) is 9.80 Å². The molecule has 2 aliphatic rings. The van der Waals surface area contributed by atoms with Gasteiger partial charge in [-0.25, -0.2) is 8.78 Å². The quantitative estimate of drug-likeness (QED) is 0.815. The van der Waals surface area contributed by atoms with Crippen LogP contribution in [0.5, 0.6) is 0 Å². The van der Waals surface area contributed by atoms with E-state index in [9.17, 15) is 13.6 Å². The number of fused-ring (bicyclic) bond motifs is 1. The Kier molecular flexibility index (Phi) is 5.72. The molecule has 25 heavy (non-hydrogen) atoms. The number of hydrogen-bond acceptors (Lipinski definition) is 2. The average Bonchev–Trinajstić information content (AvgIpc) is 2.62. The number of carbonyl (C=O) groups excluding carboxylic acids is 1. The van der Waals surface area contributed by atoms with Gasteiger partial charge >= 0.3 is 0 Å². The minimum atomic E-state index is -0.455. The van der Waals surface area contributed by atoms with E-state index in [1.165, 1.54) is 31.7 Å². The number of benzene rings is 1. The number of likely N-dealkylation sites (tertiary alicyclic amines) is 1. The predicted octanol–water partition coefficient (Wildman–Crippen LogP) is 4.14. The number of hydrogen-bond donors (Lipinski definition) is 0. The van der Waals surface area contributed by atoms with Crippen LogP contribution in [0.25, 0.3) is 0 Å². The Morgan fingerprint density at radius 1 is 1.24 bits per heavy atom. The average molecular weight is 350 g/mol. The van der Waals surface area contributed by atoms with Crippen LogP contribution in [0.1, 0.15) is 57.1 Å². The summed E-state index contributed by atoms with van der Waals surface area (Å²) in [5, 5.41) is 0. The molecule has 3 rings (SSSR count). The second-order valence-electron chi connectivity index (χ2n) is 7.60. The van der Waals surface area contributed by atoms with E-state index in [1.807, 2.05) is 11.8 Å². The Bertz CT molecular complexity index is 620. The number of halogens is 2. The molecular formula is C20H28F2N2O. The Labute approximate surface area is 149 Å². The van der Waals surface area contributed by atoms with Gasteiger partial charge in [-0.15, -0.1) is 0 Å². The molecule has 0 radical (unpaired) electrons. The summed E-state index contributed by atoms with van der Waals surface area (Å²) in [6.45, 7) is 2.88. The molecule has 3 atom stereocenters. The van der Waals surface area contributed by atoms with Crippen molar-refractivity contribution >= 4 is 5.91 Å². The largest absolute Gasteiger partial charge is 0.338 e. The maximum atomic E-state index is 14.0. The summed E-state index contributed by atoms with van der Waals surface area (Å²) < 4.78 is 27.5. The molecule has 1 aromatic carbocycles. The van der Waals surface area contributed by atoms with E-state index >= 15 is 0 Å². The van der Waals surface area contributed by atoms with E-state index in [0.29, 0.717) is 17.5 Å². The summed E-state index contributed by atoms with van der Waals surface area (Å²) in [6.07, 6.45) is 7.12. The maximum absolute atomic E-state index is 14.0. The first-order valence-electron chi connectivity index (χ1n) is 9.42.